The fourth-order valence-corrected chi connectivity index (χ4v) is 2.22. The van der Waals surface area contributed by atoms with Gasteiger partial charge in [-0.1, -0.05) is 18.2 Å². The molecule has 0 atom stereocenters. The zero-order valence-electron chi connectivity index (χ0n) is 10.6. The predicted molar refractivity (Wildman–Crippen MR) is 69.5 cm³/mol. The summed E-state index contributed by atoms with van der Waals surface area (Å²) in [6.45, 7) is 0.253. The van der Waals surface area contributed by atoms with Gasteiger partial charge >= 0.3 is 0 Å². The third kappa shape index (κ3) is 2.20. The standard InChI is InChI=1S/C14H12FN3O2/c15-12-4-2-1-3-10(12)8-17-9-11(7-16-17)18-13(19)5-6-14(18)20/h1-4,7,9H,5-6,8H2. The fraction of sp³-hybridized carbons (Fsp3) is 0.214. The normalized spacial score (nSPS) is 15.2. The van der Waals surface area contributed by atoms with Gasteiger partial charge in [-0.15, -0.1) is 0 Å². The van der Waals surface area contributed by atoms with Crippen molar-refractivity contribution in [3.05, 3.63) is 48.0 Å². The average Bonchev–Trinajstić information content (AvgIpc) is 3.00. The number of rotatable bonds is 3. The first-order valence-corrected chi connectivity index (χ1v) is 6.27. The highest BCUT2D eigenvalue weighted by molar-refractivity contribution is 6.19. The van der Waals surface area contributed by atoms with E-state index in [0.29, 0.717) is 11.3 Å². The Labute approximate surface area is 114 Å². The van der Waals surface area contributed by atoms with Crippen LogP contribution >= 0.6 is 0 Å². The maximum atomic E-state index is 13.5. The van der Waals surface area contributed by atoms with Crippen LogP contribution in [0, 0.1) is 5.82 Å². The van der Waals surface area contributed by atoms with Crippen LogP contribution in [0.5, 0.6) is 0 Å². The Morgan fingerprint density at radius 2 is 1.85 bits per heavy atom. The lowest BCUT2D eigenvalue weighted by atomic mass is 10.2. The number of imide groups is 1. The minimum atomic E-state index is -0.308. The molecule has 20 heavy (non-hydrogen) atoms. The Hall–Kier alpha value is -2.50. The molecule has 3 rings (SSSR count). The second kappa shape index (κ2) is 4.88. The lowest BCUT2D eigenvalue weighted by molar-refractivity contribution is -0.121. The van der Waals surface area contributed by atoms with Gasteiger partial charge in [0.15, 0.2) is 0 Å². The van der Waals surface area contributed by atoms with Gasteiger partial charge < -0.3 is 0 Å². The Morgan fingerprint density at radius 3 is 2.55 bits per heavy atom. The molecule has 0 unspecified atom stereocenters. The molecular weight excluding hydrogens is 261 g/mol. The first-order chi connectivity index (χ1) is 9.65. The van der Waals surface area contributed by atoms with E-state index in [9.17, 15) is 14.0 Å². The van der Waals surface area contributed by atoms with Gasteiger partial charge in [0.2, 0.25) is 11.8 Å². The van der Waals surface area contributed by atoms with Gasteiger partial charge in [-0.2, -0.15) is 5.10 Å². The minimum absolute atomic E-state index is 0.222. The van der Waals surface area contributed by atoms with Crippen molar-refractivity contribution in [1.82, 2.24) is 9.78 Å². The number of amides is 2. The Morgan fingerprint density at radius 1 is 1.15 bits per heavy atom. The summed E-state index contributed by atoms with van der Waals surface area (Å²) in [5.74, 6) is -0.751. The van der Waals surface area contributed by atoms with E-state index >= 15 is 0 Å². The molecule has 1 aromatic carbocycles. The van der Waals surface area contributed by atoms with Crippen molar-refractivity contribution in [2.75, 3.05) is 4.90 Å². The van der Waals surface area contributed by atoms with E-state index in [0.717, 1.165) is 4.90 Å². The molecule has 0 radical (unpaired) electrons. The van der Waals surface area contributed by atoms with Crippen LogP contribution in [0.15, 0.2) is 36.7 Å². The highest BCUT2D eigenvalue weighted by atomic mass is 19.1. The summed E-state index contributed by atoms with van der Waals surface area (Å²) in [5, 5.41) is 4.07. The summed E-state index contributed by atoms with van der Waals surface area (Å²) in [5.41, 5.74) is 0.940. The molecule has 1 fully saturated rings. The summed E-state index contributed by atoms with van der Waals surface area (Å²) in [6.07, 6.45) is 3.49. The zero-order valence-corrected chi connectivity index (χ0v) is 10.6. The molecule has 6 heteroatoms. The number of nitrogens with zero attached hydrogens (tertiary/aromatic N) is 3. The second-order valence-electron chi connectivity index (χ2n) is 4.61. The Kier molecular flexibility index (Phi) is 3.06. The van der Waals surface area contributed by atoms with Gasteiger partial charge in [-0.3, -0.25) is 14.3 Å². The molecule has 2 amide bonds. The zero-order chi connectivity index (χ0) is 14.1. The molecule has 2 aromatic rings. The van der Waals surface area contributed by atoms with Crippen molar-refractivity contribution in [1.29, 1.82) is 0 Å². The fourth-order valence-electron chi connectivity index (χ4n) is 2.22. The van der Waals surface area contributed by atoms with Crippen LogP contribution in [0.25, 0.3) is 0 Å². The van der Waals surface area contributed by atoms with Crippen LogP contribution < -0.4 is 4.90 Å². The number of carbonyl (C=O) groups excluding carboxylic acids is 2. The number of hydrogen-bond acceptors (Lipinski definition) is 3. The van der Waals surface area contributed by atoms with E-state index in [1.807, 2.05) is 0 Å². The molecule has 1 saturated heterocycles. The molecule has 0 N–H and O–H groups in total. The van der Waals surface area contributed by atoms with E-state index in [1.165, 1.54) is 16.9 Å². The maximum absolute atomic E-state index is 13.5. The third-order valence-corrected chi connectivity index (χ3v) is 3.22. The number of anilines is 1. The topological polar surface area (TPSA) is 55.2 Å². The minimum Gasteiger partial charge on any atom is -0.274 e. The first-order valence-electron chi connectivity index (χ1n) is 6.27. The summed E-state index contributed by atoms with van der Waals surface area (Å²) in [4.78, 5) is 24.4. The smallest absolute Gasteiger partial charge is 0.234 e. The first kappa shape index (κ1) is 12.5. The Bertz CT molecular complexity index is 665. The molecule has 5 nitrogen and oxygen atoms in total. The third-order valence-electron chi connectivity index (χ3n) is 3.22. The number of aromatic nitrogens is 2. The highest BCUT2D eigenvalue weighted by Crippen LogP contribution is 2.22. The van der Waals surface area contributed by atoms with E-state index in [2.05, 4.69) is 5.10 Å². The van der Waals surface area contributed by atoms with Gasteiger partial charge in [-0.05, 0) is 6.07 Å². The summed E-state index contributed by atoms with van der Waals surface area (Å²) >= 11 is 0. The van der Waals surface area contributed by atoms with Gasteiger partial charge in [0.1, 0.15) is 5.82 Å². The number of carbonyl (C=O) groups is 2. The lowest BCUT2D eigenvalue weighted by Gasteiger charge is -2.09. The molecule has 1 aromatic heterocycles. The molecule has 0 bridgehead atoms. The quantitative estimate of drug-likeness (QED) is 0.800. The van der Waals surface area contributed by atoms with E-state index < -0.39 is 0 Å². The van der Waals surface area contributed by atoms with Gasteiger partial charge in [0, 0.05) is 24.6 Å². The molecule has 1 aliphatic rings. The lowest BCUT2D eigenvalue weighted by Crippen LogP contribution is -2.28. The van der Waals surface area contributed by atoms with Crippen molar-refractivity contribution in [2.45, 2.75) is 19.4 Å². The van der Waals surface area contributed by atoms with Crippen LogP contribution in [0.1, 0.15) is 18.4 Å². The Balaban J connectivity index is 1.82. The van der Waals surface area contributed by atoms with Crippen molar-refractivity contribution in [3.63, 3.8) is 0 Å². The second-order valence-corrected chi connectivity index (χ2v) is 4.61. The average molecular weight is 273 g/mol. The molecule has 102 valence electrons. The van der Waals surface area contributed by atoms with E-state index in [-0.39, 0.29) is 37.0 Å². The molecule has 1 aliphatic heterocycles. The summed E-state index contributed by atoms with van der Waals surface area (Å²) < 4.78 is 15.1. The van der Waals surface area contributed by atoms with Crippen LogP contribution in [0.4, 0.5) is 10.1 Å². The monoisotopic (exact) mass is 273 g/mol. The van der Waals surface area contributed by atoms with Crippen molar-refractivity contribution in [3.8, 4) is 0 Å². The molecule has 2 heterocycles. The van der Waals surface area contributed by atoms with Crippen LogP contribution in [0.2, 0.25) is 0 Å². The summed E-state index contributed by atoms with van der Waals surface area (Å²) in [6, 6.07) is 6.42. The number of benzene rings is 1. The highest BCUT2D eigenvalue weighted by Gasteiger charge is 2.31. The molecule has 0 aliphatic carbocycles. The van der Waals surface area contributed by atoms with Crippen molar-refractivity contribution in [2.24, 2.45) is 0 Å². The summed E-state index contributed by atoms with van der Waals surface area (Å²) in [7, 11) is 0. The maximum Gasteiger partial charge on any atom is 0.234 e. The van der Waals surface area contributed by atoms with Crippen molar-refractivity contribution < 1.29 is 14.0 Å². The molecule has 0 saturated carbocycles. The van der Waals surface area contributed by atoms with Gasteiger partial charge in [0.05, 0.1) is 18.4 Å². The largest absolute Gasteiger partial charge is 0.274 e. The van der Waals surface area contributed by atoms with Crippen LogP contribution in [0.3, 0.4) is 0 Å². The van der Waals surface area contributed by atoms with Crippen LogP contribution in [-0.2, 0) is 16.1 Å². The van der Waals surface area contributed by atoms with E-state index in [1.54, 1.807) is 24.4 Å². The van der Waals surface area contributed by atoms with Crippen molar-refractivity contribution >= 4 is 17.5 Å². The SMILES string of the molecule is O=C1CCC(=O)N1c1cnn(Cc2ccccc2F)c1. The molecular formula is C14H12FN3O2. The number of halogens is 1. The van der Waals surface area contributed by atoms with Gasteiger partial charge in [-0.25, -0.2) is 9.29 Å². The van der Waals surface area contributed by atoms with Crippen LogP contribution in [-0.4, -0.2) is 21.6 Å². The van der Waals surface area contributed by atoms with E-state index in [4.69, 9.17) is 0 Å². The molecule has 0 spiro atoms. The van der Waals surface area contributed by atoms with Gasteiger partial charge in [0.25, 0.3) is 0 Å². The number of hydrogen-bond donors (Lipinski definition) is 0. The predicted octanol–water partition coefficient (Wildman–Crippen LogP) is 1.72.